The number of aryl methyl sites for hydroxylation is 1. The maximum atomic E-state index is 11.0. The van der Waals surface area contributed by atoms with Gasteiger partial charge in [-0.3, -0.25) is 4.79 Å². The summed E-state index contributed by atoms with van der Waals surface area (Å²) in [4.78, 5) is 15.8. The van der Waals surface area contributed by atoms with Crippen LogP contribution in [0.25, 0.3) is 10.4 Å². The van der Waals surface area contributed by atoms with Gasteiger partial charge in [0.1, 0.15) is 0 Å². The normalized spacial score (nSPS) is 11.9. The van der Waals surface area contributed by atoms with Gasteiger partial charge in [0.15, 0.2) is 5.78 Å². The van der Waals surface area contributed by atoms with Crippen molar-refractivity contribution in [3.63, 3.8) is 0 Å². The molecule has 0 saturated carbocycles. The van der Waals surface area contributed by atoms with Crippen LogP contribution >= 0.6 is 11.3 Å². The zero-order chi connectivity index (χ0) is 11.3. The fraction of sp³-hybridized carbons (Fsp3) is 0.500. The molecule has 0 aliphatic heterocycles. The lowest BCUT2D eigenvalue weighted by atomic mass is 10.2. The molecule has 0 fully saturated rings. The van der Waals surface area contributed by atoms with E-state index in [-0.39, 0.29) is 11.8 Å². The lowest BCUT2D eigenvalue weighted by Gasteiger charge is -2.01. The maximum Gasteiger partial charge on any atom is 0.169 e. The van der Waals surface area contributed by atoms with Gasteiger partial charge in [-0.25, -0.2) is 0 Å². The third kappa shape index (κ3) is 3.73. The molecule has 1 heterocycles. The summed E-state index contributed by atoms with van der Waals surface area (Å²) in [5.41, 5.74) is 8.23. The number of Topliss-reactive ketones (excluding diaryl/α,β-unsaturated/α-hetero) is 1. The summed E-state index contributed by atoms with van der Waals surface area (Å²) >= 11 is 1.52. The summed E-state index contributed by atoms with van der Waals surface area (Å²) in [6, 6.07) is 3.82. The summed E-state index contributed by atoms with van der Waals surface area (Å²) in [6.45, 7) is 3.46. The monoisotopic (exact) mass is 223 g/mol. The van der Waals surface area contributed by atoms with Gasteiger partial charge in [0.25, 0.3) is 0 Å². The molecule has 15 heavy (non-hydrogen) atoms. The van der Waals surface area contributed by atoms with Crippen molar-refractivity contribution in [1.29, 1.82) is 0 Å². The number of hydrogen-bond donors (Lipinski definition) is 0. The minimum absolute atomic E-state index is 0.0119. The first-order valence-corrected chi connectivity index (χ1v) is 5.59. The van der Waals surface area contributed by atoms with E-state index in [4.69, 9.17) is 5.53 Å². The maximum absolute atomic E-state index is 11.0. The number of ketones is 1. The molecule has 0 aliphatic rings. The second kappa shape index (κ2) is 5.53. The number of carbonyl (C=O) groups excluding carboxylic acids is 1. The highest BCUT2D eigenvalue weighted by Crippen LogP contribution is 2.19. The Bertz CT molecular complexity index is 393. The average molecular weight is 223 g/mol. The minimum Gasteiger partial charge on any atom is -0.294 e. The first kappa shape index (κ1) is 11.8. The predicted molar refractivity (Wildman–Crippen MR) is 61.3 cm³/mol. The van der Waals surface area contributed by atoms with E-state index in [1.54, 1.807) is 6.92 Å². The van der Waals surface area contributed by atoms with Crippen molar-refractivity contribution in [3.05, 3.63) is 32.3 Å². The van der Waals surface area contributed by atoms with E-state index >= 15 is 0 Å². The highest BCUT2D eigenvalue weighted by molar-refractivity contribution is 7.14. The largest absolute Gasteiger partial charge is 0.294 e. The summed E-state index contributed by atoms with van der Waals surface area (Å²) in [7, 11) is 0. The Balaban J connectivity index is 2.51. The van der Waals surface area contributed by atoms with E-state index in [1.165, 1.54) is 16.2 Å². The Morgan fingerprint density at radius 3 is 2.93 bits per heavy atom. The van der Waals surface area contributed by atoms with Crippen LogP contribution in [0.2, 0.25) is 0 Å². The third-order valence-electron chi connectivity index (χ3n) is 2.07. The Kier molecular flexibility index (Phi) is 4.34. The lowest BCUT2D eigenvalue weighted by molar-refractivity contribution is 0.102. The van der Waals surface area contributed by atoms with Gasteiger partial charge in [0.05, 0.1) is 4.88 Å². The fourth-order valence-corrected chi connectivity index (χ4v) is 2.12. The Labute approximate surface area is 92.6 Å². The molecule has 0 radical (unpaired) electrons. The van der Waals surface area contributed by atoms with Crippen LogP contribution in [0.15, 0.2) is 17.2 Å². The molecular weight excluding hydrogens is 210 g/mol. The first-order chi connectivity index (χ1) is 7.13. The molecular formula is C10H13N3OS. The minimum atomic E-state index is 0.0119. The summed E-state index contributed by atoms with van der Waals surface area (Å²) in [6.07, 6.45) is 1.68. The van der Waals surface area contributed by atoms with Crippen LogP contribution in [-0.2, 0) is 6.42 Å². The molecule has 0 N–H and O–H groups in total. The predicted octanol–water partition coefficient (Wildman–Crippen LogP) is 3.58. The first-order valence-electron chi connectivity index (χ1n) is 4.77. The van der Waals surface area contributed by atoms with Gasteiger partial charge in [-0.2, -0.15) is 0 Å². The van der Waals surface area contributed by atoms with Crippen molar-refractivity contribution in [2.24, 2.45) is 5.11 Å². The van der Waals surface area contributed by atoms with Crippen LogP contribution in [0.1, 0.15) is 34.8 Å². The number of hydrogen-bond acceptors (Lipinski definition) is 3. The van der Waals surface area contributed by atoms with Gasteiger partial charge in [-0.1, -0.05) is 12.0 Å². The van der Waals surface area contributed by atoms with Gasteiger partial charge >= 0.3 is 0 Å². The summed E-state index contributed by atoms with van der Waals surface area (Å²) in [5.74, 6) is 0.106. The zero-order valence-electron chi connectivity index (χ0n) is 8.80. The van der Waals surface area contributed by atoms with Gasteiger partial charge in [-0.15, -0.1) is 11.3 Å². The van der Waals surface area contributed by atoms with E-state index in [1.807, 2.05) is 19.1 Å². The molecule has 0 spiro atoms. The molecule has 0 aliphatic carbocycles. The van der Waals surface area contributed by atoms with E-state index in [0.717, 1.165) is 17.7 Å². The van der Waals surface area contributed by atoms with Crippen molar-refractivity contribution in [2.75, 3.05) is 0 Å². The van der Waals surface area contributed by atoms with Crippen LogP contribution in [0, 0.1) is 0 Å². The van der Waals surface area contributed by atoms with Crippen LogP contribution in [-0.4, -0.2) is 11.8 Å². The summed E-state index contributed by atoms with van der Waals surface area (Å²) in [5, 5.41) is 3.60. The third-order valence-corrected chi connectivity index (χ3v) is 3.31. The van der Waals surface area contributed by atoms with Crippen LogP contribution in [0.5, 0.6) is 0 Å². The molecule has 1 rings (SSSR count). The number of carbonyl (C=O) groups is 1. The van der Waals surface area contributed by atoms with Crippen molar-refractivity contribution in [1.82, 2.24) is 0 Å². The van der Waals surface area contributed by atoms with Crippen LogP contribution < -0.4 is 0 Å². The van der Waals surface area contributed by atoms with Gasteiger partial charge < -0.3 is 0 Å². The SMILES string of the molecule is CC(=O)c1ccc(CCC(C)N=[N+]=[N-])s1. The van der Waals surface area contributed by atoms with Gasteiger partial charge in [0, 0.05) is 15.8 Å². The Morgan fingerprint density at radius 2 is 2.40 bits per heavy atom. The van der Waals surface area contributed by atoms with Crippen LogP contribution in [0.3, 0.4) is 0 Å². The molecule has 5 heteroatoms. The molecule has 1 unspecified atom stereocenters. The number of rotatable bonds is 5. The second-order valence-electron chi connectivity index (χ2n) is 3.41. The van der Waals surface area contributed by atoms with Gasteiger partial charge in [-0.05, 0) is 37.4 Å². The van der Waals surface area contributed by atoms with Crippen molar-refractivity contribution >= 4 is 17.1 Å². The Hall–Kier alpha value is -1.32. The highest BCUT2D eigenvalue weighted by Gasteiger charge is 2.05. The van der Waals surface area contributed by atoms with E-state index in [0.29, 0.717) is 0 Å². The molecule has 1 aromatic rings. The molecule has 0 aromatic carbocycles. The smallest absolute Gasteiger partial charge is 0.169 e. The molecule has 80 valence electrons. The molecule has 1 aromatic heterocycles. The van der Waals surface area contributed by atoms with Crippen molar-refractivity contribution < 1.29 is 4.79 Å². The van der Waals surface area contributed by atoms with Crippen LogP contribution in [0.4, 0.5) is 0 Å². The van der Waals surface area contributed by atoms with E-state index in [2.05, 4.69) is 10.0 Å². The number of nitrogens with zero attached hydrogens (tertiary/aromatic N) is 3. The summed E-state index contributed by atoms with van der Waals surface area (Å²) < 4.78 is 0. The van der Waals surface area contributed by atoms with E-state index < -0.39 is 0 Å². The highest BCUT2D eigenvalue weighted by atomic mass is 32.1. The number of azide groups is 1. The van der Waals surface area contributed by atoms with Crippen molar-refractivity contribution in [2.45, 2.75) is 32.7 Å². The molecule has 0 saturated heterocycles. The number of thiophene rings is 1. The molecule has 1 atom stereocenters. The average Bonchev–Trinajstić information content (AvgIpc) is 2.63. The van der Waals surface area contributed by atoms with Crippen molar-refractivity contribution in [3.8, 4) is 0 Å². The molecule has 0 bridgehead atoms. The molecule has 0 amide bonds. The second-order valence-corrected chi connectivity index (χ2v) is 4.58. The zero-order valence-corrected chi connectivity index (χ0v) is 9.62. The topological polar surface area (TPSA) is 65.8 Å². The van der Waals surface area contributed by atoms with E-state index in [9.17, 15) is 4.79 Å². The standard InChI is InChI=1S/C10H13N3OS/c1-7(12-13-11)3-4-9-5-6-10(15-9)8(2)14/h5-7H,3-4H2,1-2H3. The Morgan fingerprint density at radius 1 is 1.67 bits per heavy atom. The molecule has 4 nitrogen and oxygen atoms in total. The quantitative estimate of drug-likeness (QED) is 0.325. The van der Waals surface area contributed by atoms with Gasteiger partial charge in [0.2, 0.25) is 0 Å². The fourth-order valence-electron chi connectivity index (χ4n) is 1.20. The lowest BCUT2D eigenvalue weighted by Crippen LogP contribution is -1.97.